The summed E-state index contributed by atoms with van der Waals surface area (Å²) >= 11 is 1.36. The van der Waals surface area contributed by atoms with Crippen molar-refractivity contribution in [1.29, 1.82) is 0 Å². The maximum Gasteiger partial charge on any atom is 0.341 e. The average molecular weight is 448 g/mol. The van der Waals surface area contributed by atoms with E-state index in [2.05, 4.69) is 5.32 Å². The first-order valence-electron chi connectivity index (χ1n) is 9.88. The SMILES string of the molecule is COC(=O)c1c(NC(=O)COC(=O)c2ccc(OC(C)C)c(OC)c2)sc2c1CCC2. The summed E-state index contributed by atoms with van der Waals surface area (Å²) in [5, 5.41) is 3.10. The Balaban J connectivity index is 1.64. The largest absolute Gasteiger partial charge is 0.493 e. The zero-order chi connectivity index (χ0) is 22.5. The quantitative estimate of drug-likeness (QED) is 0.617. The van der Waals surface area contributed by atoms with Crippen molar-refractivity contribution in [3.05, 3.63) is 39.8 Å². The summed E-state index contributed by atoms with van der Waals surface area (Å²) in [7, 11) is 2.78. The molecule has 0 radical (unpaired) electrons. The molecule has 1 aliphatic rings. The topological polar surface area (TPSA) is 100 Å². The molecule has 0 aliphatic heterocycles. The first-order valence-corrected chi connectivity index (χ1v) is 10.7. The number of esters is 2. The number of rotatable bonds is 8. The van der Waals surface area contributed by atoms with Crippen LogP contribution in [0.3, 0.4) is 0 Å². The molecule has 0 spiro atoms. The summed E-state index contributed by atoms with van der Waals surface area (Å²) in [5.41, 5.74) is 1.55. The van der Waals surface area contributed by atoms with Crippen LogP contribution >= 0.6 is 11.3 Å². The number of amides is 1. The van der Waals surface area contributed by atoms with E-state index in [0.717, 1.165) is 29.7 Å². The Kier molecular flexibility index (Phi) is 7.17. The third-order valence-electron chi connectivity index (χ3n) is 4.66. The third kappa shape index (κ3) is 5.16. The van der Waals surface area contributed by atoms with Crippen LogP contribution in [0.5, 0.6) is 11.5 Å². The number of carbonyl (C=O) groups excluding carboxylic acids is 3. The molecule has 9 heteroatoms. The summed E-state index contributed by atoms with van der Waals surface area (Å²) < 4.78 is 20.9. The lowest BCUT2D eigenvalue weighted by molar-refractivity contribution is -0.119. The minimum atomic E-state index is -0.675. The Labute approximate surface area is 184 Å². The molecule has 1 N–H and O–H groups in total. The van der Waals surface area contributed by atoms with Crippen LogP contribution in [-0.2, 0) is 27.1 Å². The minimum absolute atomic E-state index is 0.0519. The molecule has 1 heterocycles. The lowest BCUT2D eigenvalue weighted by Crippen LogP contribution is -2.21. The van der Waals surface area contributed by atoms with E-state index in [9.17, 15) is 14.4 Å². The monoisotopic (exact) mass is 447 g/mol. The number of carbonyl (C=O) groups is 3. The lowest BCUT2D eigenvalue weighted by Gasteiger charge is -2.14. The van der Waals surface area contributed by atoms with Gasteiger partial charge in [-0.3, -0.25) is 4.79 Å². The van der Waals surface area contributed by atoms with E-state index in [4.69, 9.17) is 18.9 Å². The van der Waals surface area contributed by atoms with Crippen LogP contribution in [0, 0.1) is 0 Å². The number of thiophene rings is 1. The van der Waals surface area contributed by atoms with Crippen LogP contribution in [0.25, 0.3) is 0 Å². The summed E-state index contributed by atoms with van der Waals surface area (Å²) in [6.45, 7) is 3.27. The molecular formula is C22H25NO7S. The fourth-order valence-electron chi connectivity index (χ4n) is 3.33. The maximum absolute atomic E-state index is 12.4. The zero-order valence-electron chi connectivity index (χ0n) is 17.9. The van der Waals surface area contributed by atoms with Crippen molar-refractivity contribution in [1.82, 2.24) is 0 Å². The predicted molar refractivity (Wildman–Crippen MR) is 115 cm³/mol. The number of nitrogens with one attached hydrogen (secondary N) is 1. The van der Waals surface area contributed by atoms with Gasteiger partial charge in [-0.2, -0.15) is 0 Å². The van der Waals surface area contributed by atoms with E-state index >= 15 is 0 Å². The van der Waals surface area contributed by atoms with E-state index in [1.54, 1.807) is 12.1 Å². The number of benzene rings is 1. The third-order valence-corrected chi connectivity index (χ3v) is 5.87. The maximum atomic E-state index is 12.4. The fraction of sp³-hybridized carbons (Fsp3) is 0.409. The van der Waals surface area contributed by atoms with Gasteiger partial charge in [-0.15, -0.1) is 11.3 Å². The molecule has 166 valence electrons. The highest BCUT2D eigenvalue weighted by molar-refractivity contribution is 7.17. The van der Waals surface area contributed by atoms with Gasteiger partial charge < -0.3 is 24.3 Å². The molecule has 0 saturated heterocycles. The summed E-state index contributed by atoms with van der Waals surface area (Å²) in [4.78, 5) is 38.0. The molecule has 0 unspecified atom stereocenters. The van der Waals surface area contributed by atoms with E-state index in [1.807, 2.05) is 13.8 Å². The smallest absolute Gasteiger partial charge is 0.341 e. The molecule has 31 heavy (non-hydrogen) atoms. The van der Waals surface area contributed by atoms with Crippen molar-refractivity contribution in [2.75, 3.05) is 26.1 Å². The number of fused-ring (bicyclic) bond motifs is 1. The Hall–Kier alpha value is -3.07. The summed E-state index contributed by atoms with van der Waals surface area (Å²) in [5.74, 6) is -0.796. The number of aryl methyl sites for hydroxylation is 1. The predicted octanol–water partition coefficient (Wildman–Crippen LogP) is 3.61. The second-order valence-corrected chi connectivity index (χ2v) is 8.31. The van der Waals surface area contributed by atoms with Gasteiger partial charge in [-0.25, -0.2) is 9.59 Å². The van der Waals surface area contributed by atoms with Crippen LogP contribution in [0.2, 0.25) is 0 Å². The molecule has 1 aromatic carbocycles. The van der Waals surface area contributed by atoms with Gasteiger partial charge in [0.2, 0.25) is 0 Å². The molecule has 0 saturated carbocycles. The van der Waals surface area contributed by atoms with E-state index in [-0.39, 0.29) is 11.7 Å². The van der Waals surface area contributed by atoms with Crippen LogP contribution < -0.4 is 14.8 Å². The Morgan fingerprint density at radius 2 is 1.87 bits per heavy atom. The van der Waals surface area contributed by atoms with Crippen molar-refractivity contribution in [2.24, 2.45) is 0 Å². The second-order valence-electron chi connectivity index (χ2n) is 7.21. The number of methoxy groups -OCH3 is 2. The Bertz CT molecular complexity index is 996. The fourth-order valence-corrected chi connectivity index (χ4v) is 4.63. The first kappa shape index (κ1) is 22.6. The number of anilines is 1. The van der Waals surface area contributed by atoms with Crippen molar-refractivity contribution in [3.8, 4) is 11.5 Å². The van der Waals surface area contributed by atoms with Crippen molar-refractivity contribution < 1.29 is 33.3 Å². The average Bonchev–Trinajstić information content (AvgIpc) is 3.32. The van der Waals surface area contributed by atoms with Crippen molar-refractivity contribution >= 4 is 34.2 Å². The summed E-state index contributed by atoms with van der Waals surface area (Å²) in [6.07, 6.45) is 2.57. The Morgan fingerprint density at radius 1 is 1.10 bits per heavy atom. The van der Waals surface area contributed by atoms with Gasteiger partial charge in [0.05, 0.1) is 31.5 Å². The molecule has 1 aromatic heterocycles. The van der Waals surface area contributed by atoms with Gasteiger partial charge in [-0.1, -0.05) is 0 Å². The van der Waals surface area contributed by atoms with Gasteiger partial charge in [0.1, 0.15) is 5.00 Å². The van der Waals surface area contributed by atoms with Gasteiger partial charge in [0.25, 0.3) is 5.91 Å². The van der Waals surface area contributed by atoms with Crippen LogP contribution in [0.4, 0.5) is 5.00 Å². The van der Waals surface area contributed by atoms with Crippen LogP contribution in [-0.4, -0.2) is 44.8 Å². The van der Waals surface area contributed by atoms with E-state index in [0.29, 0.717) is 22.1 Å². The number of ether oxygens (including phenoxy) is 4. The highest BCUT2D eigenvalue weighted by atomic mass is 32.1. The van der Waals surface area contributed by atoms with Crippen molar-refractivity contribution in [3.63, 3.8) is 0 Å². The second kappa shape index (κ2) is 9.82. The molecule has 3 rings (SSSR count). The van der Waals surface area contributed by atoms with Gasteiger partial charge in [0.15, 0.2) is 18.1 Å². The zero-order valence-corrected chi connectivity index (χ0v) is 18.7. The molecule has 0 atom stereocenters. The van der Waals surface area contributed by atoms with Gasteiger partial charge in [0, 0.05) is 4.88 Å². The molecule has 1 amide bonds. The highest BCUT2D eigenvalue weighted by Gasteiger charge is 2.28. The van der Waals surface area contributed by atoms with Gasteiger partial charge >= 0.3 is 11.9 Å². The standard InChI is InChI=1S/C22H25NO7S/c1-12(2)30-15-9-8-13(10-16(15)27-3)21(25)29-11-18(24)23-20-19(22(26)28-4)14-6-5-7-17(14)31-20/h8-10,12H,5-7,11H2,1-4H3,(H,23,24). The normalized spacial score (nSPS) is 12.3. The van der Waals surface area contributed by atoms with Gasteiger partial charge in [-0.05, 0) is 56.9 Å². The molecule has 0 bridgehead atoms. The minimum Gasteiger partial charge on any atom is -0.493 e. The molecular weight excluding hydrogens is 422 g/mol. The summed E-state index contributed by atoms with van der Waals surface area (Å²) in [6, 6.07) is 4.65. The molecule has 1 aliphatic carbocycles. The van der Waals surface area contributed by atoms with E-state index in [1.165, 1.54) is 31.6 Å². The van der Waals surface area contributed by atoms with Crippen LogP contribution in [0.15, 0.2) is 18.2 Å². The Morgan fingerprint density at radius 3 is 2.55 bits per heavy atom. The molecule has 8 nitrogen and oxygen atoms in total. The number of hydrogen-bond donors (Lipinski definition) is 1. The number of hydrogen-bond acceptors (Lipinski definition) is 8. The molecule has 2 aromatic rings. The first-order chi connectivity index (χ1) is 14.8. The lowest BCUT2D eigenvalue weighted by atomic mass is 10.1. The molecule has 0 fully saturated rings. The van der Waals surface area contributed by atoms with E-state index < -0.39 is 24.5 Å². The van der Waals surface area contributed by atoms with Crippen LogP contribution in [0.1, 0.15) is 51.4 Å². The highest BCUT2D eigenvalue weighted by Crippen LogP contribution is 2.39. The van der Waals surface area contributed by atoms with Crippen molar-refractivity contribution in [2.45, 2.75) is 39.2 Å².